The third-order valence-electron chi connectivity index (χ3n) is 3.01. The Morgan fingerprint density at radius 3 is 2.88 bits per heavy atom. The van der Waals surface area contributed by atoms with Crippen LogP contribution >= 0.6 is 0 Å². The van der Waals surface area contributed by atoms with Crippen LogP contribution in [0, 0.1) is 5.92 Å². The summed E-state index contributed by atoms with van der Waals surface area (Å²) in [5.74, 6) is 0.575. The predicted molar refractivity (Wildman–Crippen MR) is 58.8 cm³/mol. The Bertz CT molecular complexity index is 435. The highest BCUT2D eigenvalue weighted by atomic mass is 15.4. The van der Waals surface area contributed by atoms with Gasteiger partial charge in [0.25, 0.3) is 0 Å². The monoisotopic (exact) mass is 215 g/mol. The van der Waals surface area contributed by atoms with Crippen LogP contribution in [0.4, 0.5) is 0 Å². The van der Waals surface area contributed by atoms with E-state index in [1.165, 1.54) is 5.56 Å². The molecule has 2 aromatic heterocycles. The van der Waals surface area contributed by atoms with Crippen molar-refractivity contribution in [3.63, 3.8) is 0 Å². The molecule has 3 heterocycles. The predicted octanol–water partition coefficient (Wildman–Crippen LogP) is 0.482. The van der Waals surface area contributed by atoms with Gasteiger partial charge in [0.15, 0.2) is 0 Å². The van der Waals surface area contributed by atoms with E-state index in [4.69, 9.17) is 0 Å². The van der Waals surface area contributed by atoms with Crippen LogP contribution < -0.4 is 5.32 Å². The quantitative estimate of drug-likeness (QED) is 0.809. The molecule has 1 atom stereocenters. The summed E-state index contributed by atoms with van der Waals surface area (Å²) in [6, 6.07) is 4.31. The second-order valence-electron chi connectivity index (χ2n) is 4.03. The van der Waals surface area contributed by atoms with Gasteiger partial charge in [0, 0.05) is 37.6 Å². The molecule has 0 radical (unpaired) electrons. The Morgan fingerprint density at radius 2 is 2.31 bits per heavy atom. The molecular weight excluding hydrogens is 202 g/mol. The lowest BCUT2D eigenvalue weighted by Crippen LogP contribution is -2.47. The number of pyridine rings is 1. The molecule has 1 aliphatic rings. The minimum atomic E-state index is 0.248. The topological polar surface area (TPSA) is 55.6 Å². The average molecular weight is 215 g/mol. The smallest absolute Gasteiger partial charge is 0.0853 e. The highest BCUT2D eigenvalue weighted by Crippen LogP contribution is 2.27. The molecule has 1 saturated heterocycles. The number of nitrogens with one attached hydrogen (secondary N) is 1. The molecule has 0 saturated carbocycles. The molecular formula is C11H13N5. The number of nitrogens with zero attached hydrogens (tertiary/aromatic N) is 4. The van der Waals surface area contributed by atoms with Crippen molar-refractivity contribution in [2.45, 2.75) is 6.04 Å². The van der Waals surface area contributed by atoms with E-state index in [1.807, 2.05) is 23.1 Å². The summed E-state index contributed by atoms with van der Waals surface area (Å²) in [4.78, 5) is 4.17. The van der Waals surface area contributed by atoms with Gasteiger partial charge in [0.2, 0.25) is 0 Å². The van der Waals surface area contributed by atoms with E-state index in [0.29, 0.717) is 5.92 Å². The van der Waals surface area contributed by atoms with Gasteiger partial charge in [-0.2, -0.15) is 0 Å². The molecule has 5 heteroatoms. The third-order valence-corrected chi connectivity index (χ3v) is 3.01. The van der Waals surface area contributed by atoms with Crippen LogP contribution in [0.2, 0.25) is 0 Å². The van der Waals surface area contributed by atoms with E-state index < -0.39 is 0 Å². The Kier molecular flexibility index (Phi) is 2.38. The molecule has 0 spiro atoms. The zero-order valence-corrected chi connectivity index (χ0v) is 8.82. The Balaban J connectivity index is 1.96. The van der Waals surface area contributed by atoms with Crippen molar-refractivity contribution in [3.05, 3.63) is 42.5 Å². The molecule has 82 valence electrons. The van der Waals surface area contributed by atoms with Gasteiger partial charge in [-0.3, -0.25) is 4.98 Å². The van der Waals surface area contributed by atoms with Crippen molar-refractivity contribution in [2.24, 2.45) is 5.92 Å². The largest absolute Gasteiger partial charge is 0.316 e. The van der Waals surface area contributed by atoms with E-state index in [-0.39, 0.29) is 6.04 Å². The van der Waals surface area contributed by atoms with Crippen LogP contribution in [0.5, 0.6) is 0 Å². The first kappa shape index (κ1) is 9.47. The number of hydrogen-bond donors (Lipinski definition) is 1. The van der Waals surface area contributed by atoms with E-state index >= 15 is 0 Å². The second-order valence-corrected chi connectivity index (χ2v) is 4.03. The highest BCUT2D eigenvalue weighted by Gasteiger charge is 2.30. The Labute approximate surface area is 93.5 Å². The first-order valence-electron chi connectivity index (χ1n) is 5.41. The van der Waals surface area contributed by atoms with Crippen LogP contribution in [-0.4, -0.2) is 33.1 Å². The lowest BCUT2D eigenvalue weighted by molar-refractivity contribution is 0.249. The maximum atomic E-state index is 4.17. The van der Waals surface area contributed by atoms with E-state index in [0.717, 1.165) is 13.1 Å². The summed E-state index contributed by atoms with van der Waals surface area (Å²) in [6.45, 7) is 2.05. The normalized spacial score (nSPS) is 18.0. The first-order valence-corrected chi connectivity index (χ1v) is 5.41. The first-order chi connectivity index (χ1) is 7.95. The molecule has 1 unspecified atom stereocenters. The lowest BCUT2D eigenvalue weighted by Gasteiger charge is -2.34. The standard InChI is InChI=1S/C11H13N5/c1-2-9(6-12-3-1)11(10-7-13-8-10)16-5-4-14-15-16/h1-6,10-11,13H,7-8H2. The fraction of sp³-hybridized carbons (Fsp3) is 0.364. The fourth-order valence-corrected chi connectivity index (χ4v) is 2.09. The van der Waals surface area contributed by atoms with Gasteiger partial charge in [-0.25, -0.2) is 4.68 Å². The van der Waals surface area contributed by atoms with E-state index in [1.54, 1.807) is 12.4 Å². The summed E-state index contributed by atoms with van der Waals surface area (Å²) >= 11 is 0. The van der Waals surface area contributed by atoms with Crippen molar-refractivity contribution in [3.8, 4) is 0 Å². The van der Waals surface area contributed by atoms with Crippen molar-refractivity contribution < 1.29 is 0 Å². The van der Waals surface area contributed by atoms with Gasteiger partial charge in [0.05, 0.1) is 12.2 Å². The molecule has 1 N–H and O–H groups in total. The molecule has 1 aliphatic heterocycles. The second kappa shape index (κ2) is 4.02. The molecule has 0 aromatic carbocycles. The fourth-order valence-electron chi connectivity index (χ4n) is 2.09. The van der Waals surface area contributed by atoms with Crippen LogP contribution in [0.1, 0.15) is 11.6 Å². The molecule has 2 aromatic rings. The summed E-state index contributed by atoms with van der Waals surface area (Å²) < 4.78 is 1.92. The summed E-state index contributed by atoms with van der Waals surface area (Å²) in [5.41, 5.74) is 1.19. The molecule has 16 heavy (non-hydrogen) atoms. The average Bonchev–Trinajstić information content (AvgIpc) is 2.77. The molecule has 3 rings (SSSR count). The zero-order valence-electron chi connectivity index (χ0n) is 8.82. The van der Waals surface area contributed by atoms with Gasteiger partial charge < -0.3 is 5.32 Å². The van der Waals surface area contributed by atoms with Crippen LogP contribution in [-0.2, 0) is 0 Å². The van der Waals surface area contributed by atoms with Crippen molar-refractivity contribution >= 4 is 0 Å². The van der Waals surface area contributed by atoms with Gasteiger partial charge in [-0.1, -0.05) is 11.3 Å². The zero-order chi connectivity index (χ0) is 10.8. The summed E-state index contributed by atoms with van der Waals surface area (Å²) in [6.07, 6.45) is 7.33. The Hall–Kier alpha value is -1.75. The number of aromatic nitrogens is 4. The van der Waals surface area contributed by atoms with Crippen molar-refractivity contribution in [1.29, 1.82) is 0 Å². The van der Waals surface area contributed by atoms with Crippen molar-refractivity contribution in [1.82, 2.24) is 25.3 Å². The summed E-state index contributed by atoms with van der Waals surface area (Å²) in [7, 11) is 0. The van der Waals surface area contributed by atoms with Crippen LogP contribution in [0.15, 0.2) is 36.9 Å². The Morgan fingerprint density at radius 1 is 1.38 bits per heavy atom. The van der Waals surface area contributed by atoms with Gasteiger partial charge in [-0.15, -0.1) is 5.10 Å². The molecule has 0 bridgehead atoms. The molecule has 0 amide bonds. The van der Waals surface area contributed by atoms with E-state index in [2.05, 4.69) is 26.7 Å². The maximum absolute atomic E-state index is 4.17. The molecule has 1 fully saturated rings. The van der Waals surface area contributed by atoms with Crippen LogP contribution in [0.3, 0.4) is 0 Å². The number of hydrogen-bond acceptors (Lipinski definition) is 4. The third kappa shape index (κ3) is 1.59. The van der Waals surface area contributed by atoms with Gasteiger partial charge in [0.1, 0.15) is 0 Å². The minimum Gasteiger partial charge on any atom is -0.316 e. The van der Waals surface area contributed by atoms with E-state index in [9.17, 15) is 0 Å². The van der Waals surface area contributed by atoms with Crippen LogP contribution in [0.25, 0.3) is 0 Å². The molecule has 5 nitrogen and oxygen atoms in total. The number of rotatable bonds is 3. The SMILES string of the molecule is c1cncc(C(C2CNC2)n2ccnn2)c1. The molecule has 0 aliphatic carbocycles. The van der Waals surface area contributed by atoms with Gasteiger partial charge >= 0.3 is 0 Å². The maximum Gasteiger partial charge on any atom is 0.0853 e. The summed E-state index contributed by atoms with van der Waals surface area (Å²) in [5, 5.41) is 11.3. The van der Waals surface area contributed by atoms with Crippen molar-refractivity contribution in [2.75, 3.05) is 13.1 Å². The van der Waals surface area contributed by atoms with Gasteiger partial charge in [-0.05, 0) is 11.6 Å². The highest BCUT2D eigenvalue weighted by molar-refractivity contribution is 5.17. The minimum absolute atomic E-state index is 0.248. The lowest BCUT2D eigenvalue weighted by atomic mass is 9.89.